The van der Waals surface area contributed by atoms with E-state index in [1.807, 2.05) is 42.8 Å². The average Bonchev–Trinajstić information content (AvgIpc) is 3.87. The summed E-state index contributed by atoms with van der Waals surface area (Å²) >= 11 is 6.38. The maximum atomic E-state index is 14.0. The lowest BCUT2D eigenvalue weighted by molar-refractivity contribution is 0.0781. The Hall–Kier alpha value is -4.81. The molecule has 0 spiro atoms. The zero-order chi connectivity index (χ0) is 34.5. The largest absolute Gasteiger partial charge is 0.497 e. The van der Waals surface area contributed by atoms with E-state index < -0.39 is 0 Å². The van der Waals surface area contributed by atoms with Gasteiger partial charge in [-0.1, -0.05) is 23.7 Å². The van der Waals surface area contributed by atoms with Gasteiger partial charge in [-0.3, -0.25) is 19.0 Å². The van der Waals surface area contributed by atoms with Gasteiger partial charge in [0.1, 0.15) is 22.8 Å². The van der Waals surface area contributed by atoms with Gasteiger partial charge in [-0.25, -0.2) is 9.97 Å². The van der Waals surface area contributed by atoms with Crippen LogP contribution < -0.4 is 10.1 Å². The number of likely N-dealkylation sites (tertiary alicyclic amines) is 1. The molecule has 1 fully saturated rings. The molecule has 2 amide bonds. The van der Waals surface area contributed by atoms with Crippen molar-refractivity contribution >= 4 is 34.3 Å². The fraction of sp³-hybridized carbons (Fsp3) is 0.389. The number of benzene rings is 2. The zero-order valence-electron chi connectivity index (χ0n) is 28.4. The third-order valence-corrected chi connectivity index (χ3v) is 9.22. The second-order valence-electron chi connectivity index (χ2n) is 12.4. The number of hydrogen-bond acceptors (Lipinski definition) is 8. The highest BCUT2D eigenvalue weighted by molar-refractivity contribution is 6.31. The molecule has 49 heavy (non-hydrogen) atoms. The molecule has 0 aliphatic carbocycles. The minimum atomic E-state index is -0.298. The van der Waals surface area contributed by atoms with Gasteiger partial charge in [0.25, 0.3) is 11.8 Å². The van der Waals surface area contributed by atoms with Gasteiger partial charge in [0.05, 0.1) is 25.4 Å². The monoisotopic (exact) mass is 683 g/mol. The van der Waals surface area contributed by atoms with E-state index in [2.05, 4.69) is 15.3 Å². The first-order chi connectivity index (χ1) is 23.7. The van der Waals surface area contributed by atoms with Crippen molar-refractivity contribution in [1.82, 2.24) is 44.6 Å². The Morgan fingerprint density at radius 1 is 1.04 bits per heavy atom. The SMILES string of the molecule is CCn1ncc(CN(C)C(=O)c2nc(-c3cc(C(=O)NCCCN4CCCC4)n(Cc4ccc(OC)cc4)n3)nc3ccc(Cl)cc23)c1C. The van der Waals surface area contributed by atoms with Crippen LogP contribution in [0.2, 0.25) is 5.02 Å². The summed E-state index contributed by atoms with van der Waals surface area (Å²) in [5, 5.41) is 13.3. The lowest BCUT2D eigenvalue weighted by Gasteiger charge is -2.18. The molecular formula is C36H42ClN9O3. The van der Waals surface area contributed by atoms with Crippen LogP contribution in [-0.2, 0) is 19.6 Å². The van der Waals surface area contributed by atoms with Crippen LogP contribution in [-0.4, -0.2) is 91.5 Å². The fourth-order valence-electron chi connectivity index (χ4n) is 6.18. The molecule has 256 valence electrons. The predicted octanol–water partition coefficient (Wildman–Crippen LogP) is 5.22. The number of nitrogens with one attached hydrogen (secondary N) is 1. The van der Waals surface area contributed by atoms with Crippen molar-refractivity contribution in [1.29, 1.82) is 0 Å². The van der Waals surface area contributed by atoms with E-state index in [1.165, 1.54) is 12.8 Å². The molecule has 1 saturated heterocycles. The van der Waals surface area contributed by atoms with Crippen LogP contribution in [0.1, 0.15) is 64.0 Å². The van der Waals surface area contributed by atoms with Crippen molar-refractivity contribution in [2.24, 2.45) is 0 Å². The molecule has 0 unspecified atom stereocenters. The van der Waals surface area contributed by atoms with E-state index >= 15 is 0 Å². The first-order valence-corrected chi connectivity index (χ1v) is 17.1. The molecule has 4 heterocycles. The molecule has 0 bridgehead atoms. The number of ether oxygens (including phenoxy) is 1. The number of aryl methyl sites for hydroxylation is 1. The van der Waals surface area contributed by atoms with Gasteiger partial charge in [0, 0.05) is 54.4 Å². The number of amides is 2. The quantitative estimate of drug-likeness (QED) is 0.168. The highest BCUT2D eigenvalue weighted by atomic mass is 35.5. The van der Waals surface area contributed by atoms with E-state index in [9.17, 15) is 9.59 Å². The van der Waals surface area contributed by atoms with Gasteiger partial charge >= 0.3 is 0 Å². The van der Waals surface area contributed by atoms with E-state index in [4.69, 9.17) is 31.4 Å². The van der Waals surface area contributed by atoms with Crippen molar-refractivity contribution < 1.29 is 14.3 Å². The maximum absolute atomic E-state index is 14.0. The molecule has 6 rings (SSSR count). The summed E-state index contributed by atoms with van der Waals surface area (Å²) < 4.78 is 8.87. The summed E-state index contributed by atoms with van der Waals surface area (Å²) in [6.45, 7) is 9.19. The molecule has 0 radical (unpaired) electrons. The number of methoxy groups -OCH3 is 1. The minimum Gasteiger partial charge on any atom is -0.497 e. The van der Waals surface area contributed by atoms with Crippen LogP contribution in [0.4, 0.5) is 0 Å². The third-order valence-electron chi connectivity index (χ3n) is 8.99. The summed E-state index contributed by atoms with van der Waals surface area (Å²) in [5.74, 6) is 0.439. The molecule has 12 nitrogen and oxygen atoms in total. The average molecular weight is 684 g/mol. The standard InChI is InChI=1S/C36H42ClN9O3/c1-5-45-24(2)26(21-39-45)23-43(3)36(48)33-29-19-27(37)11-14-30(29)40-34(41-33)31-20-32(35(47)38-15-8-18-44-16-6-7-17-44)46(42-31)22-25-9-12-28(49-4)13-10-25/h9-14,19-21H,5-8,15-18,22-23H2,1-4H3,(H,38,47). The van der Waals surface area contributed by atoms with Gasteiger partial charge in [-0.15, -0.1) is 0 Å². The number of fused-ring (bicyclic) bond motifs is 1. The minimum absolute atomic E-state index is 0.197. The first kappa shape index (κ1) is 34.1. The van der Waals surface area contributed by atoms with Crippen LogP contribution in [0.3, 0.4) is 0 Å². The Bertz CT molecular complexity index is 1950. The van der Waals surface area contributed by atoms with E-state index in [1.54, 1.807) is 54.2 Å². The number of aromatic nitrogens is 6. The molecule has 0 saturated carbocycles. The van der Waals surface area contributed by atoms with E-state index in [0.29, 0.717) is 46.9 Å². The molecule has 1 aliphatic heterocycles. The summed E-state index contributed by atoms with van der Waals surface area (Å²) in [7, 11) is 3.36. The molecular weight excluding hydrogens is 642 g/mol. The molecule has 0 atom stereocenters. The Morgan fingerprint density at radius 2 is 1.82 bits per heavy atom. The molecule has 13 heteroatoms. The number of carbonyl (C=O) groups excluding carboxylic acids is 2. The van der Waals surface area contributed by atoms with Crippen molar-refractivity contribution in [3.8, 4) is 17.3 Å². The number of rotatable bonds is 13. The van der Waals surface area contributed by atoms with Gasteiger partial charge in [-0.2, -0.15) is 10.2 Å². The van der Waals surface area contributed by atoms with Gasteiger partial charge in [0.15, 0.2) is 5.82 Å². The lowest BCUT2D eigenvalue weighted by Crippen LogP contribution is -2.30. The Morgan fingerprint density at radius 3 is 2.53 bits per heavy atom. The van der Waals surface area contributed by atoms with E-state index in [0.717, 1.165) is 55.2 Å². The highest BCUT2D eigenvalue weighted by Crippen LogP contribution is 2.26. The fourth-order valence-corrected chi connectivity index (χ4v) is 6.35. The summed E-state index contributed by atoms with van der Waals surface area (Å²) in [5.41, 5.74) is 4.38. The van der Waals surface area contributed by atoms with Crippen molar-refractivity contribution in [2.45, 2.75) is 52.7 Å². The maximum Gasteiger partial charge on any atom is 0.273 e. The molecule has 5 aromatic rings. The first-order valence-electron chi connectivity index (χ1n) is 16.7. The highest BCUT2D eigenvalue weighted by Gasteiger charge is 2.24. The molecule has 3 aromatic heterocycles. The normalized spacial score (nSPS) is 13.2. The molecule has 1 aliphatic rings. The second kappa shape index (κ2) is 15.2. The Labute approximate surface area is 291 Å². The van der Waals surface area contributed by atoms with Crippen molar-refractivity contribution in [2.75, 3.05) is 40.3 Å². The summed E-state index contributed by atoms with van der Waals surface area (Å²) in [6.07, 6.45) is 5.12. The lowest BCUT2D eigenvalue weighted by atomic mass is 10.1. The van der Waals surface area contributed by atoms with Crippen LogP contribution in [0.25, 0.3) is 22.4 Å². The number of halogens is 1. The van der Waals surface area contributed by atoms with Crippen LogP contribution in [0.5, 0.6) is 5.75 Å². The summed E-state index contributed by atoms with van der Waals surface area (Å²) in [4.78, 5) is 41.2. The van der Waals surface area contributed by atoms with Gasteiger partial charge < -0.3 is 19.9 Å². The van der Waals surface area contributed by atoms with E-state index in [-0.39, 0.29) is 23.3 Å². The predicted molar refractivity (Wildman–Crippen MR) is 189 cm³/mol. The molecule has 1 N–H and O–H groups in total. The number of carbonyl (C=O) groups is 2. The summed E-state index contributed by atoms with van der Waals surface area (Å²) in [6, 6.07) is 14.5. The zero-order valence-corrected chi connectivity index (χ0v) is 29.2. The van der Waals surface area contributed by atoms with Gasteiger partial charge in [0.2, 0.25) is 0 Å². The Balaban J connectivity index is 1.32. The topological polar surface area (TPSA) is 123 Å². The van der Waals surface area contributed by atoms with Gasteiger partial charge in [-0.05, 0) is 88.6 Å². The van der Waals surface area contributed by atoms with Crippen molar-refractivity contribution in [3.63, 3.8) is 0 Å². The smallest absolute Gasteiger partial charge is 0.273 e. The second-order valence-corrected chi connectivity index (χ2v) is 12.8. The molecule has 2 aromatic carbocycles. The van der Waals surface area contributed by atoms with Crippen LogP contribution >= 0.6 is 11.6 Å². The van der Waals surface area contributed by atoms with Crippen molar-refractivity contribution in [3.05, 3.63) is 88.0 Å². The third kappa shape index (κ3) is 7.76. The van der Waals surface area contributed by atoms with Crippen LogP contribution in [0, 0.1) is 6.92 Å². The number of nitrogens with zero attached hydrogens (tertiary/aromatic N) is 8. The Kier molecular flexibility index (Phi) is 10.5. The number of hydrogen-bond donors (Lipinski definition) is 1. The van der Waals surface area contributed by atoms with Crippen LogP contribution in [0.15, 0.2) is 54.7 Å².